The first kappa shape index (κ1) is 26.0. The fourth-order valence-electron chi connectivity index (χ4n) is 3.95. The predicted molar refractivity (Wildman–Crippen MR) is 133 cm³/mol. The van der Waals surface area contributed by atoms with Crippen LogP contribution in [-0.4, -0.2) is 54.2 Å². The Morgan fingerprint density at radius 3 is 2.48 bits per heavy atom. The number of hydrogen-bond donors (Lipinski definition) is 2. The molecular weight excluding hydrogens is 414 g/mol. The average Bonchev–Trinajstić information content (AvgIpc) is 2.83. The molecule has 7 heteroatoms. The Balaban J connectivity index is 0.000000234. The van der Waals surface area contributed by atoms with Crippen LogP contribution >= 0.6 is 0 Å². The highest BCUT2D eigenvalue weighted by molar-refractivity contribution is 5.94. The number of nitrogens with one attached hydrogen (secondary N) is 1. The molecule has 7 nitrogen and oxygen atoms in total. The van der Waals surface area contributed by atoms with Crippen molar-refractivity contribution >= 4 is 18.2 Å². The van der Waals surface area contributed by atoms with Crippen molar-refractivity contribution in [2.24, 2.45) is 16.6 Å². The third kappa shape index (κ3) is 9.43. The molecule has 1 aromatic carbocycles. The number of nitrogens with zero attached hydrogens (tertiary/aromatic N) is 3. The van der Waals surface area contributed by atoms with Gasteiger partial charge in [-0.25, -0.2) is 0 Å². The van der Waals surface area contributed by atoms with Crippen LogP contribution in [0.3, 0.4) is 0 Å². The molecule has 1 aliphatic carbocycles. The van der Waals surface area contributed by atoms with E-state index in [1.807, 2.05) is 30.3 Å². The summed E-state index contributed by atoms with van der Waals surface area (Å²) in [5.74, 6) is 0.751. The molecule has 0 aliphatic heterocycles. The number of carbonyl (C=O) groups is 2. The zero-order valence-electron chi connectivity index (χ0n) is 20.0. The third-order valence-corrected chi connectivity index (χ3v) is 5.76. The summed E-state index contributed by atoms with van der Waals surface area (Å²) in [5, 5.41) is 3.10. The van der Waals surface area contributed by atoms with Crippen molar-refractivity contribution < 1.29 is 9.59 Å². The number of likely N-dealkylation sites (N-methyl/N-ethyl adjacent to an activating group) is 1. The second-order valence-electron chi connectivity index (χ2n) is 8.75. The molecule has 0 bridgehead atoms. The summed E-state index contributed by atoms with van der Waals surface area (Å²) in [5.41, 5.74) is 7.18. The Hall–Kier alpha value is -3.22. The Labute approximate surface area is 197 Å². The van der Waals surface area contributed by atoms with Gasteiger partial charge in [-0.15, -0.1) is 0 Å². The summed E-state index contributed by atoms with van der Waals surface area (Å²) in [6.45, 7) is 2.25. The van der Waals surface area contributed by atoms with Crippen molar-refractivity contribution in [2.45, 2.75) is 57.5 Å². The molecule has 1 aromatic heterocycles. The topological polar surface area (TPSA) is 101 Å². The number of aryl methyl sites for hydroxylation is 1. The van der Waals surface area contributed by atoms with E-state index in [1.165, 1.54) is 24.7 Å². The molecule has 3 atom stereocenters. The van der Waals surface area contributed by atoms with E-state index in [0.29, 0.717) is 18.0 Å². The lowest BCUT2D eigenvalue weighted by Gasteiger charge is -2.27. The van der Waals surface area contributed by atoms with Gasteiger partial charge in [0.2, 0.25) is 5.91 Å². The number of benzene rings is 1. The van der Waals surface area contributed by atoms with Crippen LogP contribution in [0.4, 0.5) is 0 Å². The standard InChI is InChI=1S/C13H19N3O.C13H18N2O/c1-16(2)13(17)12(15-10-14)9-8-11-6-4-3-5-7-11;1-10-3-2-4-12(9-10)15-13(16)11-5-7-14-8-6-11/h3-7,10,12H,8-9H2,1-2H3,(H2,14,15);5-8,10,12H,2-4,9H2,1H3,(H,15,16). The van der Waals surface area contributed by atoms with Crippen LogP contribution in [0.15, 0.2) is 59.9 Å². The number of carbonyl (C=O) groups excluding carboxylic acids is 2. The summed E-state index contributed by atoms with van der Waals surface area (Å²) in [6, 6.07) is 13.5. The van der Waals surface area contributed by atoms with Crippen LogP contribution in [0, 0.1) is 5.92 Å². The first-order valence-corrected chi connectivity index (χ1v) is 11.6. The van der Waals surface area contributed by atoms with Gasteiger partial charge in [-0.2, -0.15) is 0 Å². The zero-order chi connectivity index (χ0) is 24.1. The number of nitrogens with two attached hydrogens (primary N) is 1. The van der Waals surface area contributed by atoms with Gasteiger partial charge in [0.25, 0.3) is 5.91 Å². The van der Waals surface area contributed by atoms with Crippen molar-refractivity contribution in [3.05, 3.63) is 66.0 Å². The normalized spacial score (nSPS) is 18.6. The van der Waals surface area contributed by atoms with E-state index in [-0.39, 0.29) is 17.9 Å². The Morgan fingerprint density at radius 2 is 1.88 bits per heavy atom. The van der Waals surface area contributed by atoms with E-state index >= 15 is 0 Å². The quantitative estimate of drug-likeness (QED) is 0.497. The van der Waals surface area contributed by atoms with Gasteiger partial charge in [0.05, 0.1) is 6.34 Å². The minimum atomic E-state index is -0.379. The van der Waals surface area contributed by atoms with Crippen LogP contribution in [0.1, 0.15) is 54.9 Å². The molecule has 178 valence electrons. The number of hydrogen-bond acceptors (Lipinski definition) is 4. The van der Waals surface area contributed by atoms with E-state index in [1.54, 1.807) is 43.5 Å². The van der Waals surface area contributed by atoms with Crippen LogP contribution in [0.25, 0.3) is 0 Å². The van der Waals surface area contributed by atoms with Gasteiger partial charge in [0, 0.05) is 38.1 Å². The van der Waals surface area contributed by atoms with E-state index in [0.717, 1.165) is 25.2 Å². The fourth-order valence-corrected chi connectivity index (χ4v) is 3.95. The second kappa shape index (κ2) is 14.0. The van der Waals surface area contributed by atoms with Gasteiger partial charge in [0.1, 0.15) is 6.04 Å². The number of rotatable bonds is 7. The molecule has 33 heavy (non-hydrogen) atoms. The minimum absolute atomic E-state index is 0.0115. The number of amides is 2. The summed E-state index contributed by atoms with van der Waals surface area (Å²) < 4.78 is 0. The molecule has 3 rings (SSSR count). The minimum Gasteiger partial charge on any atom is -0.390 e. The first-order valence-electron chi connectivity index (χ1n) is 11.6. The van der Waals surface area contributed by atoms with Gasteiger partial charge in [0.15, 0.2) is 0 Å². The summed E-state index contributed by atoms with van der Waals surface area (Å²) in [7, 11) is 3.45. The SMILES string of the molecule is CC1CCCC(NC(=O)c2ccncc2)C1.CN(C)C(=O)C(CCc1ccccc1)N=CN. The van der Waals surface area contributed by atoms with E-state index in [4.69, 9.17) is 5.73 Å². The first-order chi connectivity index (χ1) is 15.9. The maximum atomic E-state index is 11.9. The number of aliphatic imine (C=N–C) groups is 1. The highest BCUT2D eigenvalue weighted by Gasteiger charge is 2.21. The Bertz CT molecular complexity index is 871. The fraction of sp³-hybridized carbons (Fsp3) is 0.462. The third-order valence-electron chi connectivity index (χ3n) is 5.76. The van der Waals surface area contributed by atoms with E-state index in [2.05, 4.69) is 22.2 Å². The maximum Gasteiger partial charge on any atom is 0.251 e. The Morgan fingerprint density at radius 1 is 1.18 bits per heavy atom. The molecule has 2 aromatic rings. The Kier molecular flexibility index (Phi) is 11.1. The average molecular weight is 452 g/mol. The van der Waals surface area contributed by atoms with Crippen molar-refractivity contribution in [3.63, 3.8) is 0 Å². The molecule has 0 radical (unpaired) electrons. The lowest BCUT2D eigenvalue weighted by molar-refractivity contribution is -0.130. The molecule has 0 spiro atoms. The molecule has 0 saturated heterocycles. The smallest absolute Gasteiger partial charge is 0.251 e. The highest BCUT2D eigenvalue weighted by Crippen LogP contribution is 2.23. The second-order valence-corrected chi connectivity index (χ2v) is 8.75. The molecule has 2 amide bonds. The van der Waals surface area contributed by atoms with Crippen molar-refractivity contribution in [3.8, 4) is 0 Å². The van der Waals surface area contributed by atoms with Crippen LogP contribution in [-0.2, 0) is 11.2 Å². The lowest BCUT2D eigenvalue weighted by atomic mass is 9.87. The summed E-state index contributed by atoms with van der Waals surface area (Å²) >= 11 is 0. The molecule has 1 aliphatic rings. The van der Waals surface area contributed by atoms with Gasteiger partial charge < -0.3 is 16.0 Å². The number of aromatic nitrogens is 1. The molecule has 3 N–H and O–H groups in total. The zero-order valence-corrected chi connectivity index (χ0v) is 20.0. The van der Waals surface area contributed by atoms with Crippen molar-refractivity contribution in [2.75, 3.05) is 14.1 Å². The van der Waals surface area contributed by atoms with Crippen LogP contribution in [0.2, 0.25) is 0 Å². The molecular formula is C26H37N5O2. The van der Waals surface area contributed by atoms with Gasteiger partial charge in [-0.3, -0.25) is 19.6 Å². The lowest BCUT2D eigenvalue weighted by Crippen LogP contribution is -2.37. The number of pyridine rings is 1. The molecule has 3 unspecified atom stereocenters. The van der Waals surface area contributed by atoms with Gasteiger partial charge >= 0.3 is 0 Å². The summed E-state index contributed by atoms with van der Waals surface area (Å²) in [4.78, 5) is 33.2. The van der Waals surface area contributed by atoms with Crippen molar-refractivity contribution in [1.82, 2.24) is 15.2 Å². The maximum absolute atomic E-state index is 11.9. The summed E-state index contributed by atoms with van der Waals surface area (Å²) in [6.07, 6.45) is 10.7. The van der Waals surface area contributed by atoms with E-state index in [9.17, 15) is 9.59 Å². The largest absolute Gasteiger partial charge is 0.390 e. The predicted octanol–water partition coefficient (Wildman–Crippen LogP) is 3.45. The van der Waals surface area contributed by atoms with Gasteiger partial charge in [-0.05, 0) is 49.3 Å². The van der Waals surface area contributed by atoms with E-state index < -0.39 is 0 Å². The molecule has 1 saturated carbocycles. The highest BCUT2D eigenvalue weighted by atomic mass is 16.2. The monoisotopic (exact) mass is 451 g/mol. The van der Waals surface area contributed by atoms with Crippen LogP contribution < -0.4 is 11.1 Å². The molecule has 1 heterocycles. The van der Waals surface area contributed by atoms with Crippen LogP contribution in [0.5, 0.6) is 0 Å². The molecule has 1 fully saturated rings. The van der Waals surface area contributed by atoms with Crippen molar-refractivity contribution in [1.29, 1.82) is 0 Å². The van der Waals surface area contributed by atoms with Gasteiger partial charge in [-0.1, -0.05) is 50.1 Å².